The van der Waals surface area contributed by atoms with Gasteiger partial charge in [-0.15, -0.1) is 0 Å². The van der Waals surface area contributed by atoms with Crippen molar-refractivity contribution in [3.8, 4) is 11.5 Å². The molecule has 0 fully saturated rings. The predicted molar refractivity (Wildman–Crippen MR) is 109 cm³/mol. The van der Waals surface area contributed by atoms with Gasteiger partial charge < -0.3 is 15.6 Å². The Bertz CT molecular complexity index is 927. The van der Waals surface area contributed by atoms with Gasteiger partial charge in [-0.25, -0.2) is 0 Å². The van der Waals surface area contributed by atoms with Crippen molar-refractivity contribution < 1.29 is 9.84 Å². The number of nitrogens with one attached hydrogen (secondary N) is 2. The monoisotopic (exact) mass is 353 g/mol. The highest BCUT2D eigenvalue weighted by Crippen LogP contribution is 2.35. The van der Waals surface area contributed by atoms with Crippen molar-refractivity contribution >= 4 is 16.7 Å². The third-order valence-corrected chi connectivity index (χ3v) is 3.89. The summed E-state index contributed by atoms with van der Waals surface area (Å²) in [6, 6.07) is 9.48. The molecule has 0 aliphatic heterocycles. The Kier molecular flexibility index (Phi) is 5.50. The highest BCUT2D eigenvalue weighted by molar-refractivity contribution is 5.77. The number of phenols is 1. The number of rotatable bonds is 3. The molecule has 2 aromatic carbocycles. The number of hydrogen-bond donors (Lipinski definition) is 4. The number of phenolic OH excluding ortho intramolecular Hbond substituents is 1. The van der Waals surface area contributed by atoms with Crippen molar-refractivity contribution in [1.29, 1.82) is 0 Å². The largest absolute Gasteiger partial charge is 0.505 e. The number of H-pyrrole nitrogens is 2. The third-order valence-electron chi connectivity index (χ3n) is 3.89. The number of benzene rings is 2. The van der Waals surface area contributed by atoms with E-state index in [1.54, 1.807) is 12.1 Å². The number of hydrogen-bond acceptors (Lipinski definition) is 3. The van der Waals surface area contributed by atoms with E-state index in [1.807, 2.05) is 31.2 Å². The van der Waals surface area contributed by atoms with Gasteiger partial charge in [0.1, 0.15) is 17.3 Å². The van der Waals surface area contributed by atoms with Crippen LogP contribution in [-0.2, 0) is 5.41 Å². The first-order chi connectivity index (χ1) is 12.1. The maximum Gasteiger partial charge on any atom is 0.142 e. The molecule has 0 aliphatic rings. The van der Waals surface area contributed by atoms with Crippen molar-refractivity contribution in [3.63, 3.8) is 0 Å². The number of fused-ring (bicyclic) bond motifs is 1. The van der Waals surface area contributed by atoms with E-state index in [0.717, 1.165) is 27.9 Å². The summed E-state index contributed by atoms with van der Waals surface area (Å²) in [7, 11) is 0. The minimum Gasteiger partial charge on any atom is -0.505 e. The number of nitrogens with two attached hydrogens (primary N) is 1. The van der Waals surface area contributed by atoms with Crippen molar-refractivity contribution in [2.24, 2.45) is 0 Å². The van der Waals surface area contributed by atoms with Crippen molar-refractivity contribution in [2.75, 3.05) is 5.73 Å². The van der Waals surface area contributed by atoms with Gasteiger partial charge in [-0.05, 0) is 42.2 Å². The number of nitrogen functional groups attached to an aromatic ring is 1. The minimum atomic E-state index is -0.0653. The zero-order valence-electron chi connectivity index (χ0n) is 15.8. The fourth-order valence-electron chi connectivity index (χ4n) is 2.44. The molecule has 5 heteroatoms. The van der Waals surface area contributed by atoms with Gasteiger partial charge in [0.2, 0.25) is 0 Å². The number of allylic oxidation sites excluding steroid dienone is 1. The first kappa shape index (κ1) is 19.2. The Labute approximate surface area is 154 Å². The Balaban J connectivity index is 0.000000187. The zero-order valence-corrected chi connectivity index (χ0v) is 15.8. The summed E-state index contributed by atoms with van der Waals surface area (Å²) < 4.78 is 5.35. The second-order valence-electron chi connectivity index (χ2n) is 7.23. The number of aromatic amines is 2. The molecule has 3 aromatic rings. The Morgan fingerprint density at radius 2 is 1.81 bits per heavy atom. The number of anilines is 1. The van der Waals surface area contributed by atoms with Crippen LogP contribution in [0.15, 0.2) is 55.3 Å². The molecule has 0 bridgehead atoms. The Hall–Kier alpha value is -3.08. The van der Waals surface area contributed by atoms with Crippen LogP contribution in [0, 0.1) is 6.92 Å². The van der Waals surface area contributed by atoms with E-state index in [1.165, 1.54) is 0 Å². The van der Waals surface area contributed by atoms with E-state index in [0.29, 0.717) is 11.4 Å². The summed E-state index contributed by atoms with van der Waals surface area (Å²) in [5, 5.41) is 15.6. The van der Waals surface area contributed by atoms with E-state index in [-0.39, 0.29) is 11.2 Å². The average molecular weight is 353 g/mol. The van der Waals surface area contributed by atoms with Gasteiger partial charge in [0.05, 0.1) is 16.7 Å². The standard InChI is InChI=1S/C11H17NO.C10H10N2O/c1-7-5-8(11(2,3)4)10(13)9(12)6-7;1-3-7(2)13-8-4-5-9-10(6-8)12-11-9/h5-6,13H,12H2,1-4H3;3-6,11-12H,1-2H2. The number of aromatic nitrogens is 2. The molecule has 138 valence electrons. The van der Waals surface area contributed by atoms with Crippen molar-refractivity contribution in [2.45, 2.75) is 33.1 Å². The van der Waals surface area contributed by atoms with Crippen LogP contribution in [-0.4, -0.2) is 15.3 Å². The van der Waals surface area contributed by atoms with Gasteiger partial charge >= 0.3 is 0 Å². The lowest BCUT2D eigenvalue weighted by Crippen LogP contribution is -2.12. The van der Waals surface area contributed by atoms with E-state index in [2.05, 4.69) is 44.1 Å². The molecule has 0 saturated carbocycles. The van der Waals surface area contributed by atoms with Crippen LogP contribution in [0.3, 0.4) is 0 Å². The van der Waals surface area contributed by atoms with Crippen LogP contribution < -0.4 is 10.5 Å². The zero-order chi connectivity index (χ0) is 19.5. The van der Waals surface area contributed by atoms with Crippen LogP contribution in [0.4, 0.5) is 5.69 Å². The smallest absolute Gasteiger partial charge is 0.142 e. The van der Waals surface area contributed by atoms with Gasteiger partial charge in [0.15, 0.2) is 0 Å². The number of ether oxygens (including phenoxy) is 1. The molecule has 1 heterocycles. The maximum atomic E-state index is 9.73. The van der Waals surface area contributed by atoms with Crippen LogP contribution in [0.1, 0.15) is 31.9 Å². The second kappa shape index (κ2) is 7.44. The average Bonchev–Trinajstić information content (AvgIpc) is 2.53. The summed E-state index contributed by atoms with van der Waals surface area (Å²) in [4.78, 5) is 0. The topological polar surface area (TPSA) is 87.1 Å². The van der Waals surface area contributed by atoms with Gasteiger partial charge in [-0.3, -0.25) is 10.2 Å². The molecule has 0 spiro atoms. The number of aromatic hydroxyl groups is 1. The molecule has 26 heavy (non-hydrogen) atoms. The molecule has 1 aromatic heterocycles. The molecule has 0 saturated heterocycles. The lowest BCUT2D eigenvalue weighted by molar-refractivity contribution is 0.447. The molecule has 0 amide bonds. The van der Waals surface area contributed by atoms with Crippen LogP contribution in [0.2, 0.25) is 0 Å². The molecule has 0 unspecified atom stereocenters. The number of aryl methyl sites for hydroxylation is 1. The van der Waals surface area contributed by atoms with Crippen LogP contribution >= 0.6 is 0 Å². The quantitative estimate of drug-likeness (QED) is 0.227. The molecule has 3 rings (SSSR count). The minimum absolute atomic E-state index is 0.0653. The highest BCUT2D eigenvalue weighted by Gasteiger charge is 2.19. The van der Waals surface area contributed by atoms with E-state index in [4.69, 9.17) is 10.5 Å². The van der Waals surface area contributed by atoms with Gasteiger partial charge in [-0.2, -0.15) is 0 Å². The molecule has 0 radical (unpaired) electrons. The van der Waals surface area contributed by atoms with Crippen LogP contribution in [0.25, 0.3) is 11.0 Å². The summed E-state index contributed by atoms with van der Waals surface area (Å²) in [5.74, 6) is 1.53. The van der Waals surface area contributed by atoms with E-state index in [9.17, 15) is 5.11 Å². The van der Waals surface area contributed by atoms with Crippen LogP contribution in [0.5, 0.6) is 11.5 Å². The maximum absolute atomic E-state index is 9.73. The fraction of sp³-hybridized carbons (Fsp3) is 0.238. The molecule has 5 N–H and O–H groups in total. The predicted octanol–water partition coefficient (Wildman–Crippen LogP) is 5.15. The second-order valence-corrected chi connectivity index (χ2v) is 7.23. The van der Waals surface area contributed by atoms with Crippen molar-refractivity contribution in [3.05, 3.63) is 66.5 Å². The molecule has 0 atom stereocenters. The molecule has 5 nitrogen and oxygen atoms in total. The fourth-order valence-corrected chi connectivity index (χ4v) is 2.44. The van der Waals surface area contributed by atoms with Gasteiger partial charge in [0, 0.05) is 11.6 Å². The van der Waals surface area contributed by atoms with E-state index < -0.39 is 0 Å². The normalized spacial score (nSPS) is 10.9. The van der Waals surface area contributed by atoms with Gasteiger partial charge in [-0.1, -0.05) is 40.0 Å². The lowest BCUT2D eigenvalue weighted by Gasteiger charge is -2.21. The Morgan fingerprint density at radius 1 is 1.15 bits per heavy atom. The summed E-state index contributed by atoms with van der Waals surface area (Å²) in [6.07, 6.45) is 1.57. The first-order valence-electron chi connectivity index (χ1n) is 8.36. The summed E-state index contributed by atoms with van der Waals surface area (Å²) in [6.45, 7) is 15.4. The third kappa shape index (κ3) is 4.51. The summed E-state index contributed by atoms with van der Waals surface area (Å²) >= 11 is 0. The Morgan fingerprint density at radius 3 is 2.31 bits per heavy atom. The van der Waals surface area contributed by atoms with Gasteiger partial charge in [0.25, 0.3) is 0 Å². The highest BCUT2D eigenvalue weighted by atomic mass is 16.5. The SMILES string of the molecule is C=CC(=C)Oc1ccc2[nH][nH]c2c1.Cc1cc(N)c(O)c(C(C)(C)C)c1. The molecular formula is C21H27N3O2. The van der Waals surface area contributed by atoms with Crippen molar-refractivity contribution in [1.82, 2.24) is 10.2 Å². The summed E-state index contributed by atoms with van der Waals surface area (Å²) in [5.41, 5.74) is 10.2. The molecule has 0 aliphatic carbocycles. The first-order valence-corrected chi connectivity index (χ1v) is 8.36. The lowest BCUT2D eigenvalue weighted by atomic mass is 9.85. The van der Waals surface area contributed by atoms with E-state index >= 15 is 0 Å². The molecular weight excluding hydrogens is 326 g/mol.